The lowest BCUT2D eigenvalue weighted by Crippen LogP contribution is -1.99. The molecule has 0 aliphatic rings. The quantitative estimate of drug-likeness (QED) is 0.884. The SMILES string of the molecule is Cc1cc(F)ccc1Nc1ccc(C(=O)O)c(Cl)c1. The molecule has 0 heterocycles. The zero-order valence-electron chi connectivity index (χ0n) is 10.1. The van der Waals surface area contributed by atoms with Crippen molar-refractivity contribution in [3.8, 4) is 0 Å². The van der Waals surface area contributed by atoms with Crippen LogP contribution in [0.4, 0.5) is 15.8 Å². The van der Waals surface area contributed by atoms with Crippen LogP contribution in [0.3, 0.4) is 0 Å². The van der Waals surface area contributed by atoms with E-state index in [0.717, 1.165) is 11.3 Å². The van der Waals surface area contributed by atoms with E-state index in [1.54, 1.807) is 19.1 Å². The number of hydrogen-bond donors (Lipinski definition) is 2. The topological polar surface area (TPSA) is 49.3 Å². The average molecular weight is 280 g/mol. The molecule has 2 rings (SSSR count). The molecule has 0 bridgehead atoms. The zero-order chi connectivity index (χ0) is 14.0. The maximum Gasteiger partial charge on any atom is 0.337 e. The fraction of sp³-hybridized carbons (Fsp3) is 0.0714. The van der Waals surface area contributed by atoms with Crippen LogP contribution in [0.5, 0.6) is 0 Å². The first-order chi connectivity index (χ1) is 8.97. The number of halogens is 2. The van der Waals surface area contributed by atoms with E-state index < -0.39 is 5.97 Å². The molecule has 0 aliphatic heterocycles. The number of anilines is 2. The zero-order valence-corrected chi connectivity index (χ0v) is 10.8. The van der Waals surface area contributed by atoms with Gasteiger partial charge in [0, 0.05) is 11.4 Å². The fourth-order valence-electron chi connectivity index (χ4n) is 1.69. The second-order valence-electron chi connectivity index (χ2n) is 4.08. The second-order valence-corrected chi connectivity index (χ2v) is 4.49. The highest BCUT2D eigenvalue weighted by Crippen LogP contribution is 2.25. The molecule has 0 spiro atoms. The second kappa shape index (κ2) is 5.28. The number of benzene rings is 2. The van der Waals surface area contributed by atoms with Crippen LogP contribution in [0.25, 0.3) is 0 Å². The van der Waals surface area contributed by atoms with E-state index in [4.69, 9.17) is 16.7 Å². The van der Waals surface area contributed by atoms with Gasteiger partial charge < -0.3 is 10.4 Å². The summed E-state index contributed by atoms with van der Waals surface area (Å²) in [6.45, 7) is 1.78. The highest BCUT2D eigenvalue weighted by Gasteiger charge is 2.09. The van der Waals surface area contributed by atoms with E-state index in [0.29, 0.717) is 5.69 Å². The van der Waals surface area contributed by atoms with Crippen LogP contribution in [0.15, 0.2) is 36.4 Å². The molecular formula is C14H11ClFNO2. The largest absolute Gasteiger partial charge is 0.478 e. The molecule has 19 heavy (non-hydrogen) atoms. The minimum atomic E-state index is -1.07. The minimum absolute atomic E-state index is 0.0445. The number of carboxylic acid groups (broad SMARTS) is 1. The molecule has 0 saturated heterocycles. The summed E-state index contributed by atoms with van der Waals surface area (Å²) in [5, 5.41) is 12.1. The van der Waals surface area contributed by atoms with Crippen molar-refractivity contribution < 1.29 is 14.3 Å². The van der Waals surface area contributed by atoms with Crippen LogP contribution >= 0.6 is 11.6 Å². The third-order valence-electron chi connectivity index (χ3n) is 2.67. The molecule has 0 saturated carbocycles. The maximum absolute atomic E-state index is 13.0. The van der Waals surface area contributed by atoms with Gasteiger partial charge in [0.25, 0.3) is 0 Å². The lowest BCUT2D eigenvalue weighted by molar-refractivity contribution is 0.0697. The third kappa shape index (κ3) is 3.03. The smallest absolute Gasteiger partial charge is 0.337 e. The fourth-order valence-corrected chi connectivity index (χ4v) is 1.95. The summed E-state index contributed by atoms with van der Waals surface area (Å²) in [7, 11) is 0. The van der Waals surface area contributed by atoms with Gasteiger partial charge in [-0.05, 0) is 48.9 Å². The van der Waals surface area contributed by atoms with E-state index in [1.165, 1.54) is 24.3 Å². The summed E-state index contributed by atoms with van der Waals surface area (Å²) in [6, 6.07) is 8.93. The molecule has 0 amide bonds. The monoisotopic (exact) mass is 279 g/mol. The number of carboxylic acids is 1. The van der Waals surface area contributed by atoms with Crippen molar-refractivity contribution in [3.63, 3.8) is 0 Å². The van der Waals surface area contributed by atoms with E-state index >= 15 is 0 Å². The van der Waals surface area contributed by atoms with Gasteiger partial charge in [0.1, 0.15) is 5.82 Å². The van der Waals surface area contributed by atoms with Gasteiger partial charge in [-0.25, -0.2) is 9.18 Å². The summed E-state index contributed by atoms with van der Waals surface area (Å²) < 4.78 is 13.0. The molecule has 0 aromatic heterocycles. The molecule has 0 aliphatic carbocycles. The first-order valence-electron chi connectivity index (χ1n) is 5.53. The molecule has 2 aromatic rings. The maximum atomic E-state index is 13.0. The number of hydrogen-bond acceptors (Lipinski definition) is 2. The number of rotatable bonds is 3. The van der Waals surface area contributed by atoms with Crippen molar-refractivity contribution >= 4 is 28.9 Å². The molecule has 5 heteroatoms. The molecule has 0 unspecified atom stereocenters. The van der Waals surface area contributed by atoms with Crippen molar-refractivity contribution in [1.82, 2.24) is 0 Å². The van der Waals surface area contributed by atoms with E-state index in [9.17, 15) is 9.18 Å². The molecule has 0 atom stereocenters. The van der Waals surface area contributed by atoms with Crippen LogP contribution in [-0.2, 0) is 0 Å². The number of aryl methyl sites for hydroxylation is 1. The van der Waals surface area contributed by atoms with Crippen molar-refractivity contribution in [2.45, 2.75) is 6.92 Å². The Balaban J connectivity index is 2.29. The first kappa shape index (κ1) is 13.4. The van der Waals surface area contributed by atoms with Crippen LogP contribution in [0.2, 0.25) is 5.02 Å². The Bertz CT molecular complexity index is 643. The summed E-state index contributed by atoms with van der Waals surface area (Å²) >= 11 is 5.87. The van der Waals surface area contributed by atoms with E-state index in [2.05, 4.69) is 5.32 Å². The van der Waals surface area contributed by atoms with Crippen molar-refractivity contribution in [3.05, 3.63) is 58.4 Å². The molecule has 2 aromatic carbocycles. The van der Waals surface area contributed by atoms with E-state index in [1.807, 2.05) is 0 Å². The number of nitrogens with one attached hydrogen (secondary N) is 1. The highest BCUT2D eigenvalue weighted by atomic mass is 35.5. The van der Waals surface area contributed by atoms with Gasteiger partial charge in [-0.1, -0.05) is 11.6 Å². The Morgan fingerprint density at radius 3 is 2.58 bits per heavy atom. The third-order valence-corrected chi connectivity index (χ3v) is 2.98. The van der Waals surface area contributed by atoms with Crippen molar-refractivity contribution in [2.24, 2.45) is 0 Å². The molecule has 2 N–H and O–H groups in total. The van der Waals surface area contributed by atoms with Crippen LogP contribution in [0.1, 0.15) is 15.9 Å². The predicted molar refractivity (Wildman–Crippen MR) is 72.8 cm³/mol. The summed E-state index contributed by atoms with van der Waals surface area (Å²) in [4.78, 5) is 10.8. The van der Waals surface area contributed by atoms with Gasteiger partial charge in [-0.2, -0.15) is 0 Å². The molecule has 0 radical (unpaired) electrons. The summed E-state index contributed by atoms with van der Waals surface area (Å²) in [5.74, 6) is -1.38. The Kier molecular flexibility index (Phi) is 3.71. The lowest BCUT2D eigenvalue weighted by atomic mass is 10.1. The van der Waals surface area contributed by atoms with Gasteiger partial charge in [0.2, 0.25) is 0 Å². The number of carbonyl (C=O) groups is 1. The van der Waals surface area contributed by atoms with Crippen molar-refractivity contribution in [1.29, 1.82) is 0 Å². The summed E-state index contributed by atoms with van der Waals surface area (Å²) in [5.41, 5.74) is 2.17. The van der Waals surface area contributed by atoms with Crippen LogP contribution in [0, 0.1) is 12.7 Å². The Morgan fingerprint density at radius 1 is 1.26 bits per heavy atom. The minimum Gasteiger partial charge on any atom is -0.478 e. The highest BCUT2D eigenvalue weighted by molar-refractivity contribution is 6.33. The summed E-state index contributed by atoms with van der Waals surface area (Å²) in [6.07, 6.45) is 0. The Morgan fingerprint density at radius 2 is 2.00 bits per heavy atom. The normalized spacial score (nSPS) is 10.3. The van der Waals surface area contributed by atoms with E-state index in [-0.39, 0.29) is 16.4 Å². The van der Waals surface area contributed by atoms with Gasteiger partial charge in [-0.15, -0.1) is 0 Å². The molecular weight excluding hydrogens is 269 g/mol. The van der Waals surface area contributed by atoms with Crippen molar-refractivity contribution in [2.75, 3.05) is 5.32 Å². The number of aromatic carboxylic acids is 1. The standard InChI is InChI=1S/C14H11ClFNO2/c1-8-6-9(16)2-5-13(8)17-10-3-4-11(14(18)19)12(15)7-10/h2-7,17H,1H3,(H,18,19). The molecule has 0 fully saturated rings. The van der Waals surface area contributed by atoms with Gasteiger partial charge >= 0.3 is 5.97 Å². The van der Waals surface area contributed by atoms with Gasteiger partial charge in [0.15, 0.2) is 0 Å². The Hall–Kier alpha value is -2.07. The van der Waals surface area contributed by atoms with Gasteiger partial charge in [-0.3, -0.25) is 0 Å². The first-order valence-corrected chi connectivity index (χ1v) is 5.91. The Labute approximate surface area is 114 Å². The molecule has 98 valence electrons. The van der Waals surface area contributed by atoms with Crippen LogP contribution < -0.4 is 5.32 Å². The molecule has 3 nitrogen and oxygen atoms in total. The average Bonchev–Trinajstić information content (AvgIpc) is 2.32. The van der Waals surface area contributed by atoms with Crippen LogP contribution in [-0.4, -0.2) is 11.1 Å². The van der Waals surface area contributed by atoms with Gasteiger partial charge in [0.05, 0.1) is 10.6 Å². The lowest BCUT2D eigenvalue weighted by Gasteiger charge is -2.10. The predicted octanol–water partition coefficient (Wildman–Crippen LogP) is 4.23.